The number of methoxy groups -OCH3 is 2. The molecule has 2 N–H and O–H groups in total. The van der Waals surface area contributed by atoms with Crippen molar-refractivity contribution in [1.82, 2.24) is 0 Å². The first-order valence-electron chi connectivity index (χ1n) is 8.23. The number of benzene rings is 2. The molecule has 0 bridgehead atoms. The zero-order chi connectivity index (χ0) is 20.7. The molecule has 0 aliphatic carbocycles. The standard InChI is InChI=1S/C19H21O8P/c1-4-26-15-11-17(25-3)19(18(12-15)27-28(21,22)23)16(20)10-7-13-5-8-14(24-2)9-6-13/h5-12H,4H2,1-3H3,(H2,21,22,23)/b10-7+. The van der Waals surface area contributed by atoms with E-state index in [1.807, 2.05) is 0 Å². The molecular weight excluding hydrogens is 387 g/mol. The van der Waals surface area contributed by atoms with Crippen LogP contribution in [0, 0.1) is 0 Å². The number of carbonyl (C=O) groups excluding carboxylic acids is 1. The Morgan fingerprint density at radius 3 is 2.21 bits per heavy atom. The van der Waals surface area contributed by atoms with Crippen molar-refractivity contribution in [2.45, 2.75) is 6.92 Å². The predicted octanol–water partition coefficient (Wildman–Crippen LogP) is 3.47. The van der Waals surface area contributed by atoms with E-state index in [9.17, 15) is 19.1 Å². The summed E-state index contributed by atoms with van der Waals surface area (Å²) in [4.78, 5) is 31.1. The Morgan fingerprint density at radius 2 is 1.68 bits per heavy atom. The van der Waals surface area contributed by atoms with E-state index in [1.54, 1.807) is 44.4 Å². The van der Waals surface area contributed by atoms with Crippen LogP contribution in [0.25, 0.3) is 6.08 Å². The minimum Gasteiger partial charge on any atom is -0.497 e. The zero-order valence-corrected chi connectivity index (χ0v) is 16.5. The Bertz CT molecular complexity index is 899. The number of allylic oxidation sites excluding steroid dienone is 1. The van der Waals surface area contributed by atoms with Crippen molar-refractivity contribution < 1.29 is 37.9 Å². The summed E-state index contributed by atoms with van der Waals surface area (Å²) >= 11 is 0. The molecule has 2 aromatic carbocycles. The van der Waals surface area contributed by atoms with E-state index >= 15 is 0 Å². The molecule has 150 valence electrons. The first kappa shape index (κ1) is 21.5. The summed E-state index contributed by atoms with van der Waals surface area (Å²) < 4.78 is 31.7. The lowest BCUT2D eigenvalue weighted by molar-refractivity contribution is 0.104. The van der Waals surface area contributed by atoms with Gasteiger partial charge in [-0.2, -0.15) is 0 Å². The van der Waals surface area contributed by atoms with Crippen molar-refractivity contribution in [3.05, 3.63) is 53.6 Å². The molecule has 0 amide bonds. The first-order valence-corrected chi connectivity index (χ1v) is 9.77. The molecular formula is C19H21O8P. The number of phosphoric ester groups is 1. The molecule has 0 aliphatic heterocycles. The Hall–Kier alpha value is -2.80. The van der Waals surface area contributed by atoms with Gasteiger partial charge in [-0.15, -0.1) is 0 Å². The monoisotopic (exact) mass is 408 g/mol. The van der Waals surface area contributed by atoms with Crippen LogP contribution in [0.3, 0.4) is 0 Å². The lowest BCUT2D eigenvalue weighted by atomic mass is 10.1. The van der Waals surface area contributed by atoms with E-state index < -0.39 is 13.6 Å². The molecule has 8 nitrogen and oxygen atoms in total. The third-order valence-corrected chi connectivity index (χ3v) is 4.01. The topological polar surface area (TPSA) is 112 Å². The molecule has 28 heavy (non-hydrogen) atoms. The maximum Gasteiger partial charge on any atom is 0.524 e. The van der Waals surface area contributed by atoms with Crippen molar-refractivity contribution in [2.24, 2.45) is 0 Å². The van der Waals surface area contributed by atoms with Crippen LogP contribution in [0.15, 0.2) is 42.5 Å². The summed E-state index contributed by atoms with van der Waals surface area (Å²) in [5, 5.41) is 0. The van der Waals surface area contributed by atoms with E-state index in [2.05, 4.69) is 0 Å². The van der Waals surface area contributed by atoms with Crippen molar-refractivity contribution in [2.75, 3.05) is 20.8 Å². The molecule has 0 radical (unpaired) electrons. The summed E-state index contributed by atoms with van der Waals surface area (Å²) in [5.41, 5.74) is 0.607. The quantitative estimate of drug-likeness (QED) is 0.369. The van der Waals surface area contributed by atoms with Crippen LogP contribution in [-0.4, -0.2) is 36.4 Å². The molecule has 0 aromatic heterocycles. The van der Waals surface area contributed by atoms with Gasteiger partial charge in [-0.05, 0) is 30.7 Å². The molecule has 0 spiro atoms. The van der Waals surface area contributed by atoms with Gasteiger partial charge in [-0.1, -0.05) is 18.2 Å². The zero-order valence-electron chi connectivity index (χ0n) is 15.6. The van der Waals surface area contributed by atoms with Crippen LogP contribution in [0.4, 0.5) is 0 Å². The van der Waals surface area contributed by atoms with Gasteiger partial charge < -0.3 is 18.7 Å². The van der Waals surface area contributed by atoms with Crippen LogP contribution in [0.5, 0.6) is 23.0 Å². The van der Waals surface area contributed by atoms with Crippen molar-refractivity contribution in [1.29, 1.82) is 0 Å². The molecule has 2 rings (SSSR count). The highest BCUT2D eigenvalue weighted by Crippen LogP contribution is 2.44. The first-order chi connectivity index (χ1) is 13.3. The van der Waals surface area contributed by atoms with Gasteiger partial charge in [0.15, 0.2) is 5.78 Å². The Morgan fingerprint density at radius 1 is 1.04 bits per heavy atom. The molecule has 0 saturated carbocycles. The van der Waals surface area contributed by atoms with E-state index in [0.29, 0.717) is 12.4 Å². The second-order valence-corrected chi connectivity index (χ2v) is 6.65. The fourth-order valence-electron chi connectivity index (χ4n) is 2.39. The summed E-state index contributed by atoms with van der Waals surface area (Å²) in [6, 6.07) is 9.67. The molecule has 9 heteroatoms. The van der Waals surface area contributed by atoms with Gasteiger partial charge in [0.05, 0.1) is 20.8 Å². The number of hydrogen-bond donors (Lipinski definition) is 2. The van der Waals surface area contributed by atoms with Gasteiger partial charge in [0.25, 0.3) is 0 Å². The lowest BCUT2D eigenvalue weighted by Crippen LogP contribution is -2.05. The highest BCUT2D eigenvalue weighted by Gasteiger charge is 2.25. The second-order valence-electron chi connectivity index (χ2n) is 5.48. The van der Waals surface area contributed by atoms with Gasteiger partial charge >= 0.3 is 7.82 Å². The highest BCUT2D eigenvalue weighted by molar-refractivity contribution is 7.46. The third kappa shape index (κ3) is 5.85. The molecule has 0 aliphatic rings. The van der Waals surface area contributed by atoms with Gasteiger partial charge in [-0.3, -0.25) is 14.6 Å². The van der Waals surface area contributed by atoms with Crippen LogP contribution in [-0.2, 0) is 4.57 Å². The van der Waals surface area contributed by atoms with Crippen molar-refractivity contribution in [3.63, 3.8) is 0 Å². The van der Waals surface area contributed by atoms with Gasteiger partial charge in [0.1, 0.15) is 28.6 Å². The second kappa shape index (κ2) is 9.41. The molecule has 0 heterocycles. The minimum atomic E-state index is -4.91. The largest absolute Gasteiger partial charge is 0.524 e. The summed E-state index contributed by atoms with van der Waals surface area (Å²) in [6.07, 6.45) is 2.81. The predicted molar refractivity (Wildman–Crippen MR) is 103 cm³/mol. The summed E-state index contributed by atoms with van der Waals surface area (Å²) in [5.74, 6) is 0.103. The maximum atomic E-state index is 12.7. The number of carbonyl (C=O) groups is 1. The number of rotatable bonds is 9. The van der Waals surface area contributed by atoms with Crippen LogP contribution in [0.2, 0.25) is 0 Å². The maximum absolute atomic E-state index is 12.7. The number of ether oxygens (including phenoxy) is 3. The Labute approximate surface area is 162 Å². The van der Waals surface area contributed by atoms with Gasteiger partial charge in [0.2, 0.25) is 0 Å². The summed E-state index contributed by atoms with van der Waals surface area (Å²) in [7, 11) is -2.03. The van der Waals surface area contributed by atoms with Crippen LogP contribution in [0.1, 0.15) is 22.8 Å². The third-order valence-electron chi connectivity index (χ3n) is 3.58. The lowest BCUT2D eigenvalue weighted by Gasteiger charge is -2.15. The molecule has 0 saturated heterocycles. The average molecular weight is 408 g/mol. The number of ketones is 1. The molecule has 0 unspecified atom stereocenters. The Balaban J connectivity index is 2.43. The molecule has 2 aromatic rings. The van der Waals surface area contributed by atoms with Crippen molar-refractivity contribution in [3.8, 4) is 23.0 Å². The van der Waals surface area contributed by atoms with E-state index in [-0.39, 0.29) is 22.8 Å². The SMILES string of the molecule is CCOc1cc(OC)c(C(=O)/C=C/c2ccc(OC)cc2)c(OP(=O)(O)O)c1. The Kier molecular flexibility index (Phi) is 7.23. The number of hydrogen-bond acceptors (Lipinski definition) is 6. The van der Waals surface area contributed by atoms with Gasteiger partial charge in [0, 0.05) is 12.1 Å². The summed E-state index contributed by atoms with van der Waals surface area (Å²) in [6.45, 7) is 2.05. The smallest absolute Gasteiger partial charge is 0.497 e. The van der Waals surface area contributed by atoms with Crippen LogP contribution < -0.4 is 18.7 Å². The number of phosphoric acid groups is 1. The van der Waals surface area contributed by atoms with Crippen molar-refractivity contribution >= 4 is 19.7 Å². The minimum absolute atomic E-state index is 0.0683. The molecule has 0 fully saturated rings. The normalized spacial score (nSPS) is 11.3. The molecule has 0 atom stereocenters. The van der Waals surface area contributed by atoms with Gasteiger partial charge in [-0.25, -0.2) is 4.57 Å². The van der Waals surface area contributed by atoms with Crippen LogP contribution >= 0.6 is 7.82 Å². The van der Waals surface area contributed by atoms with E-state index in [0.717, 1.165) is 5.56 Å². The fraction of sp³-hybridized carbons (Fsp3) is 0.211. The van der Waals surface area contributed by atoms with E-state index in [4.69, 9.17) is 18.7 Å². The fourth-order valence-corrected chi connectivity index (χ4v) is 2.79. The average Bonchev–Trinajstić information content (AvgIpc) is 2.65. The highest BCUT2D eigenvalue weighted by atomic mass is 31.2. The van der Waals surface area contributed by atoms with E-state index in [1.165, 1.54) is 25.3 Å².